The van der Waals surface area contributed by atoms with Gasteiger partial charge in [0.1, 0.15) is 18.6 Å². The molecule has 3 nitrogen and oxygen atoms in total. The number of hydrogen-bond donors (Lipinski definition) is 0. The molecule has 0 spiro atoms. The van der Waals surface area contributed by atoms with Crippen LogP contribution in [-0.2, 0) is 0 Å². The van der Waals surface area contributed by atoms with Gasteiger partial charge in [-0.1, -0.05) is 31.4 Å². The third kappa shape index (κ3) is 5.12. The van der Waals surface area contributed by atoms with Crippen LogP contribution in [-0.4, -0.2) is 26.0 Å². The monoisotopic (exact) mass is 365 g/mol. The number of aryl methyl sites for hydroxylation is 1. The molecular weight excluding hydrogens is 334 g/mol. The van der Waals surface area contributed by atoms with Crippen molar-refractivity contribution in [1.82, 2.24) is 0 Å². The van der Waals surface area contributed by atoms with E-state index in [1.165, 1.54) is 37.7 Å². The zero-order valence-corrected chi connectivity index (χ0v) is 16.6. The van der Waals surface area contributed by atoms with Gasteiger partial charge in [0, 0.05) is 17.8 Å². The van der Waals surface area contributed by atoms with E-state index in [-0.39, 0.29) is 0 Å². The lowest BCUT2D eigenvalue weighted by Crippen LogP contribution is -2.28. The molecule has 27 heavy (non-hydrogen) atoms. The molecule has 0 unspecified atom stereocenters. The minimum absolute atomic E-state index is 0.644. The van der Waals surface area contributed by atoms with Gasteiger partial charge in [0.2, 0.25) is 0 Å². The SMILES string of the molecule is CCN(CCOc1ccc(C2CCCCC2)cc1)c1ccc(C=O)c(C)c1. The van der Waals surface area contributed by atoms with E-state index in [2.05, 4.69) is 42.2 Å². The molecule has 0 heterocycles. The Morgan fingerprint density at radius 2 is 1.81 bits per heavy atom. The van der Waals surface area contributed by atoms with Crippen molar-refractivity contribution in [2.75, 3.05) is 24.6 Å². The molecule has 1 saturated carbocycles. The van der Waals surface area contributed by atoms with Gasteiger partial charge in [-0.25, -0.2) is 0 Å². The van der Waals surface area contributed by atoms with Crippen LogP contribution < -0.4 is 9.64 Å². The van der Waals surface area contributed by atoms with Gasteiger partial charge < -0.3 is 9.64 Å². The number of anilines is 1. The molecule has 1 aliphatic carbocycles. The van der Waals surface area contributed by atoms with E-state index in [1.807, 2.05) is 19.1 Å². The summed E-state index contributed by atoms with van der Waals surface area (Å²) >= 11 is 0. The van der Waals surface area contributed by atoms with Crippen LogP contribution in [0.5, 0.6) is 5.75 Å². The largest absolute Gasteiger partial charge is 0.492 e. The summed E-state index contributed by atoms with van der Waals surface area (Å²) in [6.07, 6.45) is 7.69. The molecule has 1 fully saturated rings. The summed E-state index contributed by atoms with van der Waals surface area (Å²) < 4.78 is 5.98. The first-order valence-electron chi connectivity index (χ1n) is 10.2. The molecule has 0 N–H and O–H groups in total. The quantitative estimate of drug-likeness (QED) is 0.557. The Morgan fingerprint density at radius 1 is 1.07 bits per heavy atom. The maximum Gasteiger partial charge on any atom is 0.150 e. The maximum absolute atomic E-state index is 11.0. The van der Waals surface area contributed by atoms with Crippen LogP contribution in [0.4, 0.5) is 5.69 Å². The van der Waals surface area contributed by atoms with Crippen LogP contribution in [0, 0.1) is 6.92 Å². The number of aldehydes is 1. The standard InChI is InChI=1S/C24H31NO2/c1-3-25(23-12-9-22(18-26)19(2)17-23)15-16-27-24-13-10-21(11-14-24)20-7-5-4-6-8-20/h9-14,17-18,20H,3-8,15-16H2,1-2H3. The van der Waals surface area contributed by atoms with E-state index in [1.54, 1.807) is 0 Å². The molecule has 144 valence electrons. The third-order valence-corrected chi connectivity index (χ3v) is 5.71. The molecule has 0 atom stereocenters. The number of benzene rings is 2. The molecule has 2 aromatic carbocycles. The van der Waals surface area contributed by atoms with Crippen molar-refractivity contribution in [2.45, 2.75) is 51.9 Å². The van der Waals surface area contributed by atoms with Crippen molar-refractivity contribution in [2.24, 2.45) is 0 Å². The van der Waals surface area contributed by atoms with E-state index in [4.69, 9.17) is 4.74 Å². The van der Waals surface area contributed by atoms with Gasteiger partial charge in [0.25, 0.3) is 0 Å². The highest BCUT2D eigenvalue weighted by molar-refractivity contribution is 5.78. The van der Waals surface area contributed by atoms with Crippen LogP contribution in [0.1, 0.15) is 66.4 Å². The normalized spacial score (nSPS) is 14.7. The summed E-state index contributed by atoms with van der Waals surface area (Å²) in [6.45, 7) is 6.49. The Balaban J connectivity index is 1.53. The maximum atomic E-state index is 11.0. The summed E-state index contributed by atoms with van der Waals surface area (Å²) in [6, 6.07) is 14.7. The Labute approximate surface area is 163 Å². The fraction of sp³-hybridized carbons (Fsp3) is 0.458. The first-order chi connectivity index (χ1) is 13.2. The van der Waals surface area contributed by atoms with Crippen molar-refractivity contribution >= 4 is 12.0 Å². The van der Waals surface area contributed by atoms with Crippen LogP contribution in [0.3, 0.4) is 0 Å². The van der Waals surface area contributed by atoms with Crippen molar-refractivity contribution in [3.63, 3.8) is 0 Å². The molecule has 0 amide bonds. The van der Waals surface area contributed by atoms with Crippen molar-refractivity contribution in [3.05, 3.63) is 59.2 Å². The minimum Gasteiger partial charge on any atom is -0.492 e. The Morgan fingerprint density at radius 3 is 2.44 bits per heavy atom. The molecule has 1 aliphatic rings. The molecular formula is C24H31NO2. The van der Waals surface area contributed by atoms with Crippen LogP contribution in [0.15, 0.2) is 42.5 Å². The highest BCUT2D eigenvalue weighted by Crippen LogP contribution is 2.33. The number of carbonyl (C=O) groups is 1. The average Bonchev–Trinajstić information content (AvgIpc) is 2.72. The molecule has 0 bridgehead atoms. The van der Waals surface area contributed by atoms with E-state index in [0.717, 1.165) is 47.9 Å². The number of hydrogen-bond acceptors (Lipinski definition) is 3. The fourth-order valence-corrected chi connectivity index (χ4v) is 4.00. The van der Waals surface area contributed by atoms with Crippen molar-refractivity contribution in [1.29, 1.82) is 0 Å². The first kappa shape index (κ1) is 19.5. The summed E-state index contributed by atoms with van der Waals surface area (Å²) in [5.41, 5.74) is 4.36. The molecule has 3 heteroatoms. The second-order valence-electron chi connectivity index (χ2n) is 7.49. The number of likely N-dealkylation sites (N-methyl/N-ethyl adjacent to an activating group) is 1. The molecule has 3 rings (SSSR count). The zero-order valence-electron chi connectivity index (χ0n) is 16.6. The zero-order chi connectivity index (χ0) is 19.1. The van der Waals surface area contributed by atoms with Gasteiger partial charge >= 0.3 is 0 Å². The Hall–Kier alpha value is -2.29. The Kier molecular flexibility index (Phi) is 6.92. The summed E-state index contributed by atoms with van der Waals surface area (Å²) in [5.74, 6) is 1.68. The molecule has 0 radical (unpaired) electrons. The highest BCUT2D eigenvalue weighted by atomic mass is 16.5. The molecule has 0 aliphatic heterocycles. The molecule has 2 aromatic rings. The van der Waals surface area contributed by atoms with E-state index in [0.29, 0.717) is 6.61 Å². The van der Waals surface area contributed by atoms with Gasteiger partial charge in [0.05, 0.1) is 6.54 Å². The third-order valence-electron chi connectivity index (χ3n) is 5.71. The summed E-state index contributed by atoms with van der Waals surface area (Å²) in [4.78, 5) is 13.3. The van der Waals surface area contributed by atoms with Crippen molar-refractivity contribution < 1.29 is 9.53 Å². The highest BCUT2D eigenvalue weighted by Gasteiger charge is 2.15. The lowest BCUT2D eigenvalue weighted by Gasteiger charge is -2.24. The second kappa shape index (κ2) is 9.59. The predicted molar refractivity (Wildman–Crippen MR) is 112 cm³/mol. The van der Waals surface area contributed by atoms with E-state index < -0.39 is 0 Å². The van der Waals surface area contributed by atoms with Gasteiger partial charge in [-0.05, 0) is 74.1 Å². The van der Waals surface area contributed by atoms with E-state index in [9.17, 15) is 4.79 Å². The first-order valence-corrected chi connectivity index (χ1v) is 10.2. The van der Waals surface area contributed by atoms with E-state index >= 15 is 0 Å². The lowest BCUT2D eigenvalue weighted by atomic mass is 9.84. The van der Waals surface area contributed by atoms with Gasteiger partial charge in [-0.2, -0.15) is 0 Å². The number of carbonyl (C=O) groups excluding carboxylic acids is 1. The average molecular weight is 366 g/mol. The summed E-state index contributed by atoms with van der Waals surface area (Å²) in [5, 5.41) is 0. The van der Waals surface area contributed by atoms with Crippen molar-refractivity contribution in [3.8, 4) is 5.75 Å². The fourth-order valence-electron chi connectivity index (χ4n) is 4.00. The smallest absolute Gasteiger partial charge is 0.150 e. The minimum atomic E-state index is 0.644. The van der Waals surface area contributed by atoms with Gasteiger partial charge in [-0.15, -0.1) is 0 Å². The number of ether oxygens (including phenoxy) is 1. The summed E-state index contributed by atoms with van der Waals surface area (Å²) in [7, 11) is 0. The van der Waals surface area contributed by atoms with Gasteiger partial charge in [-0.3, -0.25) is 4.79 Å². The number of rotatable bonds is 8. The van der Waals surface area contributed by atoms with Crippen LogP contribution >= 0.6 is 0 Å². The van der Waals surface area contributed by atoms with Crippen LogP contribution in [0.25, 0.3) is 0 Å². The second-order valence-corrected chi connectivity index (χ2v) is 7.49. The molecule has 0 saturated heterocycles. The Bertz CT molecular complexity index is 733. The lowest BCUT2D eigenvalue weighted by molar-refractivity contribution is 0.112. The topological polar surface area (TPSA) is 29.5 Å². The molecule has 0 aromatic heterocycles. The van der Waals surface area contributed by atoms with Gasteiger partial charge in [0.15, 0.2) is 0 Å². The van der Waals surface area contributed by atoms with Crippen LogP contribution in [0.2, 0.25) is 0 Å². The number of nitrogens with zero attached hydrogens (tertiary/aromatic N) is 1. The predicted octanol–water partition coefficient (Wildman–Crippen LogP) is 5.76.